The maximum atomic E-state index is 13.0. The Bertz CT molecular complexity index is 885. The molecule has 0 radical (unpaired) electrons. The van der Waals surface area contributed by atoms with E-state index in [1.54, 1.807) is 17.5 Å². The lowest BCUT2D eigenvalue weighted by molar-refractivity contribution is 0.0928. The van der Waals surface area contributed by atoms with E-state index in [2.05, 4.69) is 16.0 Å². The lowest BCUT2D eigenvalue weighted by Gasteiger charge is -2.23. The van der Waals surface area contributed by atoms with Crippen LogP contribution in [0.15, 0.2) is 28.9 Å². The van der Waals surface area contributed by atoms with Gasteiger partial charge in [-0.05, 0) is 43.0 Å². The van der Waals surface area contributed by atoms with Gasteiger partial charge in [0.15, 0.2) is 0 Å². The van der Waals surface area contributed by atoms with Crippen LogP contribution in [-0.4, -0.2) is 59.6 Å². The van der Waals surface area contributed by atoms with Crippen molar-refractivity contribution in [2.45, 2.75) is 56.6 Å². The molecule has 0 bridgehead atoms. The number of hydrogen-bond acceptors (Lipinski definition) is 7. The van der Waals surface area contributed by atoms with Gasteiger partial charge in [0, 0.05) is 31.1 Å². The van der Waals surface area contributed by atoms with Crippen LogP contribution in [0.4, 0.5) is 0 Å². The van der Waals surface area contributed by atoms with Crippen molar-refractivity contribution in [3.8, 4) is 0 Å². The number of nitrogens with zero attached hydrogens (tertiary/aromatic N) is 3. The summed E-state index contributed by atoms with van der Waals surface area (Å²) in [7, 11) is -3.42. The minimum absolute atomic E-state index is 0.0291. The Kier molecular flexibility index (Phi) is 6.70. The molecule has 2 fully saturated rings. The Morgan fingerprint density at radius 1 is 1.31 bits per heavy atom. The van der Waals surface area contributed by atoms with E-state index in [4.69, 9.17) is 4.74 Å². The number of hydrogen-bond donors (Lipinski definition) is 1. The zero-order chi connectivity index (χ0) is 20.3. The third-order valence-corrected chi connectivity index (χ3v) is 8.16. The third-order valence-electron chi connectivity index (χ3n) is 5.50. The first kappa shape index (κ1) is 21.0. The molecule has 1 saturated heterocycles. The van der Waals surface area contributed by atoms with Crippen LogP contribution in [0.3, 0.4) is 0 Å². The smallest absolute Gasteiger partial charge is 0.227 e. The van der Waals surface area contributed by atoms with Gasteiger partial charge in [0.05, 0.1) is 36.9 Å². The second-order valence-corrected chi connectivity index (χ2v) is 11.0. The molecule has 0 amide bonds. The minimum Gasteiger partial charge on any atom is -0.395 e. The van der Waals surface area contributed by atoms with Gasteiger partial charge in [-0.25, -0.2) is 13.4 Å². The van der Waals surface area contributed by atoms with Crippen molar-refractivity contribution in [3.63, 3.8) is 0 Å². The van der Waals surface area contributed by atoms with Crippen LogP contribution >= 0.6 is 11.3 Å². The van der Waals surface area contributed by atoms with Crippen LogP contribution in [0.2, 0.25) is 0 Å². The van der Waals surface area contributed by atoms with E-state index in [9.17, 15) is 13.5 Å². The third kappa shape index (κ3) is 5.46. The Morgan fingerprint density at radius 2 is 2.17 bits per heavy atom. The molecule has 7 nitrogen and oxygen atoms in total. The number of aromatic nitrogens is 2. The van der Waals surface area contributed by atoms with E-state index in [1.165, 1.54) is 4.88 Å². The first-order valence-corrected chi connectivity index (χ1v) is 12.8. The molecule has 1 aliphatic carbocycles. The predicted molar refractivity (Wildman–Crippen MR) is 111 cm³/mol. The summed E-state index contributed by atoms with van der Waals surface area (Å²) >= 11 is 1.68. The van der Waals surface area contributed by atoms with Crippen LogP contribution < -0.4 is 0 Å². The first-order chi connectivity index (χ1) is 14.0. The number of aliphatic hydroxyl groups is 1. The van der Waals surface area contributed by atoms with Crippen molar-refractivity contribution in [3.05, 3.63) is 34.3 Å². The van der Waals surface area contributed by atoms with Crippen LogP contribution in [0.25, 0.3) is 0 Å². The second kappa shape index (κ2) is 9.26. The van der Waals surface area contributed by atoms with Gasteiger partial charge in [0.2, 0.25) is 15.0 Å². The molecule has 4 rings (SSSR count). The molecule has 1 aliphatic heterocycles. The number of sulfone groups is 1. The molecule has 29 heavy (non-hydrogen) atoms. The lowest BCUT2D eigenvalue weighted by atomic mass is 10.2. The van der Waals surface area contributed by atoms with Gasteiger partial charge >= 0.3 is 0 Å². The van der Waals surface area contributed by atoms with Crippen LogP contribution in [0.5, 0.6) is 0 Å². The molecule has 2 aromatic heterocycles. The molecule has 0 spiro atoms. The molecule has 1 saturated carbocycles. The predicted octanol–water partition coefficient (Wildman–Crippen LogP) is 2.30. The van der Waals surface area contributed by atoms with Gasteiger partial charge in [-0.1, -0.05) is 6.07 Å². The van der Waals surface area contributed by atoms with Crippen LogP contribution in [-0.2, 0) is 34.2 Å². The fourth-order valence-electron chi connectivity index (χ4n) is 3.83. The average Bonchev–Trinajstić information content (AvgIpc) is 3.11. The van der Waals surface area contributed by atoms with Gasteiger partial charge in [-0.2, -0.15) is 0 Å². The topological polar surface area (TPSA) is 84.7 Å². The first-order valence-electron chi connectivity index (χ1n) is 10.3. The Morgan fingerprint density at radius 3 is 2.83 bits per heavy atom. The van der Waals surface area contributed by atoms with Crippen molar-refractivity contribution in [2.24, 2.45) is 5.92 Å². The molecular formula is C20H29N3O4S2. The van der Waals surface area contributed by atoms with E-state index < -0.39 is 9.84 Å². The summed E-state index contributed by atoms with van der Waals surface area (Å²) in [6.45, 7) is 3.07. The van der Waals surface area contributed by atoms with Gasteiger partial charge in [0.25, 0.3) is 0 Å². The maximum absolute atomic E-state index is 13.0. The number of thiophene rings is 1. The monoisotopic (exact) mass is 439 g/mol. The summed E-state index contributed by atoms with van der Waals surface area (Å²) in [5.41, 5.74) is 0.861. The zero-order valence-electron chi connectivity index (χ0n) is 16.6. The fourth-order valence-corrected chi connectivity index (χ4v) is 6.42. The number of aliphatic hydroxyl groups excluding tert-OH is 1. The summed E-state index contributed by atoms with van der Waals surface area (Å²) in [6.07, 6.45) is 5.64. The standard InChI is InChI=1S/C20H29N3O4S2/c24-8-7-22(14-19-4-2-10-28-19)12-17-11-21-20(29(25,26)15-16-5-6-16)23(17)13-18-3-1-9-27-18/h2,4,10-11,16,18,24H,1,3,5-9,12-15H2. The number of rotatable bonds is 11. The second-order valence-electron chi connectivity index (χ2n) is 8.02. The Labute approximate surface area is 176 Å². The highest BCUT2D eigenvalue weighted by atomic mass is 32.2. The van der Waals surface area contributed by atoms with Gasteiger partial charge in [-0.15, -0.1) is 11.3 Å². The molecule has 0 aromatic carbocycles. The zero-order valence-corrected chi connectivity index (χ0v) is 18.2. The molecule has 9 heteroatoms. The van der Waals surface area contributed by atoms with E-state index in [-0.39, 0.29) is 29.5 Å². The SMILES string of the molecule is O=S(=O)(CC1CC1)c1ncc(CN(CCO)Cc2cccs2)n1CC1CCCO1. The summed E-state index contributed by atoms with van der Waals surface area (Å²) in [5.74, 6) is 0.464. The van der Waals surface area contributed by atoms with Crippen molar-refractivity contribution in [1.29, 1.82) is 0 Å². The number of ether oxygens (including phenoxy) is 1. The van der Waals surface area contributed by atoms with Gasteiger partial charge < -0.3 is 14.4 Å². The van der Waals surface area contributed by atoms with Crippen molar-refractivity contribution >= 4 is 21.2 Å². The summed E-state index contributed by atoms with van der Waals surface area (Å²) in [4.78, 5) is 7.70. The van der Waals surface area contributed by atoms with Gasteiger partial charge in [-0.3, -0.25) is 4.90 Å². The lowest BCUT2D eigenvalue weighted by Crippen LogP contribution is -2.29. The highest BCUT2D eigenvalue weighted by molar-refractivity contribution is 7.91. The molecule has 1 unspecified atom stereocenters. The molecule has 3 heterocycles. The molecule has 1 atom stereocenters. The highest BCUT2D eigenvalue weighted by Crippen LogP contribution is 2.32. The quantitative estimate of drug-likeness (QED) is 0.578. The van der Waals surface area contributed by atoms with Gasteiger partial charge in [0.1, 0.15) is 0 Å². The fraction of sp³-hybridized carbons (Fsp3) is 0.650. The highest BCUT2D eigenvalue weighted by Gasteiger charge is 2.33. The van der Waals surface area contributed by atoms with Crippen molar-refractivity contribution in [1.82, 2.24) is 14.5 Å². The van der Waals surface area contributed by atoms with E-state index >= 15 is 0 Å². The molecule has 160 valence electrons. The Hall–Kier alpha value is -1.26. The minimum atomic E-state index is -3.42. The number of imidazole rings is 1. The van der Waals surface area contributed by atoms with Crippen LogP contribution in [0, 0.1) is 5.92 Å². The largest absolute Gasteiger partial charge is 0.395 e. The summed E-state index contributed by atoms with van der Waals surface area (Å²) in [5, 5.41) is 11.7. The van der Waals surface area contributed by atoms with E-state index in [0.717, 1.165) is 38.0 Å². The van der Waals surface area contributed by atoms with E-state index in [0.29, 0.717) is 26.2 Å². The molecule has 2 aliphatic rings. The summed E-state index contributed by atoms with van der Waals surface area (Å²) in [6, 6.07) is 4.09. The molecule has 2 aromatic rings. The molecule has 1 N–H and O–H groups in total. The Balaban J connectivity index is 1.58. The van der Waals surface area contributed by atoms with Crippen LogP contribution in [0.1, 0.15) is 36.3 Å². The summed E-state index contributed by atoms with van der Waals surface area (Å²) < 4.78 is 33.6. The average molecular weight is 440 g/mol. The normalized spacial score (nSPS) is 20.0. The van der Waals surface area contributed by atoms with E-state index in [1.807, 2.05) is 16.0 Å². The van der Waals surface area contributed by atoms with Crippen molar-refractivity contribution < 1.29 is 18.3 Å². The van der Waals surface area contributed by atoms with Crippen molar-refractivity contribution in [2.75, 3.05) is 25.5 Å². The molecular weight excluding hydrogens is 410 g/mol. The maximum Gasteiger partial charge on any atom is 0.227 e.